The van der Waals surface area contributed by atoms with Crippen molar-refractivity contribution < 1.29 is 0 Å². The van der Waals surface area contributed by atoms with Crippen LogP contribution in [-0.2, 0) is 13.0 Å². The highest BCUT2D eigenvalue weighted by molar-refractivity contribution is 14.0. The molecule has 3 rings (SSSR count). The summed E-state index contributed by atoms with van der Waals surface area (Å²) in [4.78, 5) is 13.5. The predicted octanol–water partition coefficient (Wildman–Crippen LogP) is 3.55. The standard InChI is InChI=1S/C20H23N5.HI/c1-2-21-20(24-14-11-18-10-3-4-12-22-18)25-15-17-8-5-7-16-9-6-13-23-19(16)17;/h3-10,12-13H,2,11,14-15H2,1H3,(H2,21,24,25);1H. The second-order valence-electron chi connectivity index (χ2n) is 5.69. The Hall–Kier alpha value is -2.22. The zero-order chi connectivity index (χ0) is 17.3. The lowest BCUT2D eigenvalue weighted by molar-refractivity contribution is 0.788. The zero-order valence-corrected chi connectivity index (χ0v) is 17.2. The second kappa shape index (κ2) is 10.7. The first-order valence-corrected chi connectivity index (χ1v) is 8.61. The van der Waals surface area contributed by atoms with Gasteiger partial charge in [-0.3, -0.25) is 9.97 Å². The fourth-order valence-electron chi connectivity index (χ4n) is 2.66. The van der Waals surface area contributed by atoms with Crippen LogP contribution in [0.25, 0.3) is 10.9 Å². The maximum Gasteiger partial charge on any atom is 0.191 e. The molecule has 26 heavy (non-hydrogen) atoms. The minimum Gasteiger partial charge on any atom is -0.357 e. The van der Waals surface area contributed by atoms with Crippen LogP contribution in [0.2, 0.25) is 0 Å². The molecule has 0 radical (unpaired) electrons. The van der Waals surface area contributed by atoms with E-state index in [-0.39, 0.29) is 24.0 Å². The molecule has 6 heteroatoms. The molecule has 0 amide bonds. The molecule has 0 aliphatic carbocycles. The van der Waals surface area contributed by atoms with Gasteiger partial charge in [-0.1, -0.05) is 30.3 Å². The number of benzene rings is 1. The number of para-hydroxylation sites is 1. The van der Waals surface area contributed by atoms with Crippen molar-refractivity contribution >= 4 is 40.8 Å². The van der Waals surface area contributed by atoms with E-state index in [4.69, 9.17) is 4.99 Å². The van der Waals surface area contributed by atoms with Crippen molar-refractivity contribution in [2.45, 2.75) is 19.9 Å². The molecule has 3 aromatic rings. The quantitative estimate of drug-likeness (QED) is 0.335. The van der Waals surface area contributed by atoms with Gasteiger partial charge >= 0.3 is 0 Å². The Morgan fingerprint density at radius 3 is 2.62 bits per heavy atom. The Morgan fingerprint density at radius 2 is 1.81 bits per heavy atom. The monoisotopic (exact) mass is 461 g/mol. The van der Waals surface area contributed by atoms with Crippen molar-refractivity contribution in [3.63, 3.8) is 0 Å². The molecule has 0 unspecified atom stereocenters. The van der Waals surface area contributed by atoms with Gasteiger partial charge in [-0.15, -0.1) is 24.0 Å². The van der Waals surface area contributed by atoms with Gasteiger partial charge in [-0.25, -0.2) is 4.99 Å². The molecule has 0 aliphatic heterocycles. The highest BCUT2D eigenvalue weighted by Gasteiger charge is 2.03. The van der Waals surface area contributed by atoms with E-state index in [1.165, 1.54) is 0 Å². The minimum atomic E-state index is 0. The molecule has 1 aromatic carbocycles. The summed E-state index contributed by atoms with van der Waals surface area (Å²) < 4.78 is 0. The summed E-state index contributed by atoms with van der Waals surface area (Å²) in [6, 6.07) is 16.2. The lowest BCUT2D eigenvalue weighted by Crippen LogP contribution is -2.38. The van der Waals surface area contributed by atoms with Gasteiger partial charge in [0.15, 0.2) is 5.96 Å². The van der Waals surface area contributed by atoms with Crippen molar-refractivity contribution in [3.05, 3.63) is 72.2 Å². The van der Waals surface area contributed by atoms with Crippen LogP contribution < -0.4 is 10.6 Å². The van der Waals surface area contributed by atoms with Gasteiger partial charge in [0.2, 0.25) is 0 Å². The molecule has 136 valence electrons. The van der Waals surface area contributed by atoms with Crippen LogP contribution in [0.15, 0.2) is 65.9 Å². The number of aliphatic imine (C=N–C) groups is 1. The fraction of sp³-hybridized carbons (Fsp3) is 0.250. The maximum atomic E-state index is 4.70. The Labute approximate surface area is 171 Å². The Kier molecular flexibility index (Phi) is 8.27. The molecule has 0 bridgehead atoms. The Balaban J connectivity index is 0.00000243. The molecule has 0 spiro atoms. The third kappa shape index (κ3) is 5.66. The lowest BCUT2D eigenvalue weighted by Gasteiger charge is -2.11. The number of halogens is 1. The average molecular weight is 461 g/mol. The molecule has 2 N–H and O–H groups in total. The van der Waals surface area contributed by atoms with Crippen molar-refractivity contribution in [2.75, 3.05) is 13.1 Å². The van der Waals surface area contributed by atoms with Crippen LogP contribution in [0.3, 0.4) is 0 Å². The van der Waals surface area contributed by atoms with Crippen molar-refractivity contribution in [1.29, 1.82) is 0 Å². The first-order valence-electron chi connectivity index (χ1n) is 8.61. The number of hydrogen-bond acceptors (Lipinski definition) is 3. The summed E-state index contributed by atoms with van der Waals surface area (Å²) in [6.45, 7) is 4.27. The molecule has 0 aliphatic rings. The summed E-state index contributed by atoms with van der Waals surface area (Å²) in [5.74, 6) is 0.811. The maximum absolute atomic E-state index is 4.70. The zero-order valence-electron chi connectivity index (χ0n) is 14.9. The number of hydrogen-bond donors (Lipinski definition) is 2. The number of fused-ring (bicyclic) bond motifs is 1. The van der Waals surface area contributed by atoms with Gasteiger partial charge < -0.3 is 10.6 Å². The van der Waals surface area contributed by atoms with E-state index in [1.54, 1.807) is 0 Å². The summed E-state index contributed by atoms with van der Waals surface area (Å²) in [5, 5.41) is 7.79. The average Bonchev–Trinajstić information content (AvgIpc) is 2.67. The summed E-state index contributed by atoms with van der Waals surface area (Å²) in [7, 11) is 0. The number of nitrogens with zero attached hydrogens (tertiary/aromatic N) is 3. The van der Waals surface area contributed by atoms with E-state index >= 15 is 0 Å². The molecule has 0 fully saturated rings. The van der Waals surface area contributed by atoms with Gasteiger partial charge in [0, 0.05) is 43.0 Å². The van der Waals surface area contributed by atoms with Crippen LogP contribution in [0.5, 0.6) is 0 Å². The molecule has 5 nitrogen and oxygen atoms in total. The Morgan fingerprint density at radius 1 is 0.962 bits per heavy atom. The predicted molar refractivity (Wildman–Crippen MR) is 118 cm³/mol. The van der Waals surface area contributed by atoms with Crippen molar-refractivity contribution in [1.82, 2.24) is 20.6 Å². The van der Waals surface area contributed by atoms with Gasteiger partial charge in [0.25, 0.3) is 0 Å². The van der Waals surface area contributed by atoms with Crippen LogP contribution in [-0.4, -0.2) is 29.0 Å². The van der Waals surface area contributed by atoms with Crippen molar-refractivity contribution in [3.8, 4) is 0 Å². The molecule has 2 aromatic heterocycles. The smallest absolute Gasteiger partial charge is 0.191 e. The molecule has 0 atom stereocenters. The van der Waals surface area contributed by atoms with Crippen LogP contribution >= 0.6 is 24.0 Å². The molecule has 0 saturated heterocycles. The highest BCUT2D eigenvalue weighted by Crippen LogP contribution is 2.16. The fourth-order valence-corrected chi connectivity index (χ4v) is 2.66. The van der Waals surface area contributed by atoms with E-state index in [9.17, 15) is 0 Å². The third-order valence-corrected chi connectivity index (χ3v) is 3.87. The SMILES string of the molecule is CCNC(=NCc1cccc2cccnc12)NCCc1ccccn1.I. The first-order chi connectivity index (χ1) is 12.4. The molecule has 2 heterocycles. The van der Waals surface area contributed by atoms with E-state index in [0.29, 0.717) is 6.54 Å². The Bertz CT molecular complexity index is 830. The largest absolute Gasteiger partial charge is 0.357 e. The van der Waals surface area contributed by atoms with E-state index in [0.717, 1.165) is 47.6 Å². The molecular weight excluding hydrogens is 437 g/mol. The highest BCUT2D eigenvalue weighted by atomic mass is 127. The van der Waals surface area contributed by atoms with E-state index in [1.807, 2.05) is 36.7 Å². The molecule has 0 saturated carbocycles. The number of nitrogens with one attached hydrogen (secondary N) is 2. The second-order valence-corrected chi connectivity index (χ2v) is 5.69. The minimum absolute atomic E-state index is 0. The van der Waals surface area contributed by atoms with E-state index in [2.05, 4.69) is 51.8 Å². The molecular formula is C20H24IN5. The van der Waals surface area contributed by atoms with Crippen molar-refractivity contribution in [2.24, 2.45) is 4.99 Å². The van der Waals surface area contributed by atoms with Gasteiger partial charge in [-0.05, 0) is 30.7 Å². The van der Waals surface area contributed by atoms with Gasteiger partial charge in [0.05, 0.1) is 12.1 Å². The van der Waals surface area contributed by atoms with Gasteiger partial charge in [-0.2, -0.15) is 0 Å². The first kappa shape index (κ1) is 20.1. The number of pyridine rings is 2. The van der Waals surface area contributed by atoms with Crippen LogP contribution in [0, 0.1) is 0 Å². The number of rotatable bonds is 6. The summed E-state index contributed by atoms with van der Waals surface area (Å²) in [5.41, 5.74) is 3.21. The third-order valence-electron chi connectivity index (χ3n) is 3.87. The van der Waals surface area contributed by atoms with Gasteiger partial charge in [0.1, 0.15) is 0 Å². The normalized spacial score (nSPS) is 11.0. The van der Waals surface area contributed by atoms with E-state index < -0.39 is 0 Å². The summed E-state index contributed by atoms with van der Waals surface area (Å²) >= 11 is 0. The van der Waals surface area contributed by atoms with Crippen LogP contribution in [0.1, 0.15) is 18.2 Å². The number of aromatic nitrogens is 2. The van der Waals surface area contributed by atoms with Crippen LogP contribution in [0.4, 0.5) is 0 Å². The lowest BCUT2D eigenvalue weighted by atomic mass is 10.1. The number of guanidine groups is 1. The summed E-state index contributed by atoms with van der Waals surface area (Å²) in [6.07, 6.45) is 4.51. The topological polar surface area (TPSA) is 62.2 Å².